The van der Waals surface area contributed by atoms with Crippen molar-refractivity contribution in [1.29, 1.82) is 0 Å². The lowest BCUT2D eigenvalue weighted by Crippen LogP contribution is -2.44. The zero-order valence-electron chi connectivity index (χ0n) is 21.5. The maximum absolute atomic E-state index is 15.8. The molecular weight excluding hydrogens is 493 g/mol. The molecule has 0 radical (unpaired) electrons. The molecule has 0 spiro atoms. The predicted octanol–water partition coefficient (Wildman–Crippen LogP) is 4.33. The molecule has 1 atom stereocenters. The van der Waals surface area contributed by atoms with Gasteiger partial charge in [0.05, 0.1) is 28.0 Å². The molecule has 10 nitrogen and oxygen atoms in total. The SMILES string of the molecule is CC(C)(C)OC(=O)NNC(=O)c1cc(Cl)c(N2CCC(NC(=O)OC(C)(C)C)C2)c(F)c1NC1CC1. The van der Waals surface area contributed by atoms with Gasteiger partial charge in [-0.25, -0.2) is 19.4 Å². The van der Waals surface area contributed by atoms with E-state index in [2.05, 4.69) is 21.5 Å². The molecule has 0 bridgehead atoms. The topological polar surface area (TPSA) is 121 Å². The lowest BCUT2D eigenvalue weighted by molar-refractivity contribution is 0.0480. The Balaban J connectivity index is 1.76. The second-order valence-electron chi connectivity index (χ2n) is 11.0. The average molecular weight is 528 g/mol. The monoisotopic (exact) mass is 527 g/mol. The molecule has 2 fully saturated rings. The molecule has 3 rings (SSSR count). The van der Waals surface area contributed by atoms with E-state index in [1.54, 1.807) is 46.4 Å². The highest BCUT2D eigenvalue weighted by Gasteiger charge is 2.33. The first kappa shape index (κ1) is 27.6. The summed E-state index contributed by atoms with van der Waals surface area (Å²) in [5, 5.41) is 5.90. The Kier molecular flexibility index (Phi) is 8.12. The fraction of sp³-hybridized carbons (Fsp3) is 0.625. The Morgan fingerprint density at radius 2 is 1.58 bits per heavy atom. The van der Waals surface area contributed by atoms with E-state index < -0.39 is 35.1 Å². The van der Waals surface area contributed by atoms with Crippen molar-refractivity contribution in [1.82, 2.24) is 16.2 Å². The van der Waals surface area contributed by atoms with Crippen LogP contribution in [-0.4, -0.2) is 54.5 Å². The summed E-state index contributed by atoms with van der Waals surface area (Å²) in [6.07, 6.45) is 0.876. The van der Waals surface area contributed by atoms with E-state index in [-0.39, 0.29) is 34.0 Å². The van der Waals surface area contributed by atoms with Gasteiger partial charge in [-0.05, 0) is 66.9 Å². The predicted molar refractivity (Wildman–Crippen MR) is 135 cm³/mol. The number of hydrazine groups is 1. The number of ether oxygens (including phenoxy) is 2. The van der Waals surface area contributed by atoms with Gasteiger partial charge in [0.1, 0.15) is 11.2 Å². The van der Waals surface area contributed by atoms with Gasteiger partial charge in [-0.15, -0.1) is 0 Å². The zero-order valence-corrected chi connectivity index (χ0v) is 22.3. The molecule has 1 heterocycles. The normalized spacial score (nSPS) is 17.9. The molecule has 4 N–H and O–H groups in total. The van der Waals surface area contributed by atoms with Gasteiger partial charge in [0.25, 0.3) is 5.91 Å². The molecule has 0 aromatic heterocycles. The summed E-state index contributed by atoms with van der Waals surface area (Å²) in [5.41, 5.74) is 3.12. The third-order valence-corrected chi connectivity index (χ3v) is 5.55. The Morgan fingerprint density at radius 3 is 2.17 bits per heavy atom. The molecule has 2 aliphatic rings. The van der Waals surface area contributed by atoms with Crippen LogP contribution in [0.4, 0.5) is 25.4 Å². The Bertz CT molecular complexity index is 1020. The van der Waals surface area contributed by atoms with Crippen LogP contribution in [0.3, 0.4) is 0 Å². The van der Waals surface area contributed by atoms with Gasteiger partial charge in [0.2, 0.25) is 0 Å². The zero-order chi connectivity index (χ0) is 26.8. The first-order valence-corrected chi connectivity index (χ1v) is 12.3. The molecule has 3 amide bonds. The minimum absolute atomic E-state index is 0.00365. The highest BCUT2D eigenvalue weighted by Crippen LogP contribution is 2.40. The largest absolute Gasteiger partial charge is 0.444 e. The summed E-state index contributed by atoms with van der Waals surface area (Å²) >= 11 is 6.46. The van der Waals surface area contributed by atoms with Crippen LogP contribution in [0.25, 0.3) is 0 Å². The smallest absolute Gasteiger partial charge is 0.426 e. The van der Waals surface area contributed by atoms with Crippen molar-refractivity contribution in [3.05, 3.63) is 22.5 Å². The van der Waals surface area contributed by atoms with Gasteiger partial charge in [-0.1, -0.05) is 11.6 Å². The molecule has 1 unspecified atom stereocenters. The van der Waals surface area contributed by atoms with Crippen molar-refractivity contribution < 1.29 is 28.2 Å². The molecule has 36 heavy (non-hydrogen) atoms. The molecule has 1 saturated carbocycles. The first-order valence-electron chi connectivity index (χ1n) is 12.0. The number of nitrogens with one attached hydrogen (secondary N) is 4. The number of rotatable bonds is 5. The highest BCUT2D eigenvalue weighted by atomic mass is 35.5. The molecule has 1 aliphatic heterocycles. The van der Waals surface area contributed by atoms with Gasteiger partial charge in [-0.3, -0.25) is 10.2 Å². The third kappa shape index (κ3) is 7.78. The number of carbonyl (C=O) groups excluding carboxylic acids is 3. The summed E-state index contributed by atoms with van der Waals surface area (Å²) < 4.78 is 26.2. The number of hydrogen-bond donors (Lipinski definition) is 4. The Morgan fingerprint density at radius 1 is 0.972 bits per heavy atom. The number of hydrogen-bond acceptors (Lipinski definition) is 7. The van der Waals surface area contributed by atoms with E-state index in [1.165, 1.54) is 6.07 Å². The van der Waals surface area contributed by atoms with Crippen LogP contribution in [0.1, 0.15) is 71.2 Å². The van der Waals surface area contributed by atoms with Crippen molar-refractivity contribution in [3.8, 4) is 0 Å². The maximum Gasteiger partial charge on any atom is 0.426 e. The van der Waals surface area contributed by atoms with Gasteiger partial charge in [-0.2, -0.15) is 0 Å². The van der Waals surface area contributed by atoms with E-state index in [9.17, 15) is 14.4 Å². The van der Waals surface area contributed by atoms with Gasteiger partial charge in [0.15, 0.2) is 5.82 Å². The van der Waals surface area contributed by atoms with Crippen LogP contribution in [0.2, 0.25) is 5.02 Å². The lowest BCUT2D eigenvalue weighted by Gasteiger charge is -2.25. The fourth-order valence-electron chi connectivity index (χ4n) is 3.68. The summed E-state index contributed by atoms with van der Waals surface area (Å²) in [5.74, 6) is -1.42. The Hall–Kier alpha value is -2.95. The highest BCUT2D eigenvalue weighted by molar-refractivity contribution is 6.34. The second-order valence-corrected chi connectivity index (χ2v) is 11.4. The van der Waals surface area contributed by atoms with E-state index in [0.717, 1.165) is 12.8 Å². The van der Waals surface area contributed by atoms with Crippen LogP contribution in [0, 0.1) is 5.82 Å². The number of anilines is 2. The van der Waals surface area contributed by atoms with E-state index in [0.29, 0.717) is 19.5 Å². The summed E-state index contributed by atoms with van der Waals surface area (Å²) in [6, 6.07) is 1.15. The maximum atomic E-state index is 15.8. The molecule has 1 saturated heterocycles. The molecule has 12 heteroatoms. The standard InChI is InChI=1S/C24H35ClFN5O5/c1-23(2,3)35-21(33)28-14-9-10-31(12-14)19-16(25)11-15(18(17(19)26)27-13-7-8-13)20(32)29-30-22(34)36-24(4,5)6/h11,13-14,27H,7-10,12H2,1-6H3,(H,28,33)(H,29,32)(H,30,34). The molecule has 1 aromatic carbocycles. The van der Waals surface area contributed by atoms with Gasteiger partial charge >= 0.3 is 12.2 Å². The van der Waals surface area contributed by atoms with Crippen LogP contribution in [0.15, 0.2) is 6.07 Å². The minimum Gasteiger partial charge on any atom is -0.444 e. The number of amides is 3. The van der Waals surface area contributed by atoms with E-state index in [1.807, 2.05) is 0 Å². The van der Waals surface area contributed by atoms with E-state index in [4.69, 9.17) is 21.1 Å². The summed E-state index contributed by atoms with van der Waals surface area (Å²) in [7, 11) is 0. The van der Waals surface area contributed by atoms with Crippen molar-refractivity contribution in [2.75, 3.05) is 23.3 Å². The van der Waals surface area contributed by atoms with Crippen LogP contribution in [0.5, 0.6) is 0 Å². The van der Waals surface area contributed by atoms with Gasteiger partial charge in [0, 0.05) is 19.1 Å². The summed E-state index contributed by atoms with van der Waals surface area (Å²) in [4.78, 5) is 38.6. The van der Waals surface area contributed by atoms with Crippen LogP contribution < -0.4 is 26.4 Å². The van der Waals surface area contributed by atoms with Crippen molar-refractivity contribution in [2.45, 2.75) is 84.1 Å². The van der Waals surface area contributed by atoms with Crippen LogP contribution in [-0.2, 0) is 9.47 Å². The number of halogens is 2. The minimum atomic E-state index is -0.851. The number of benzene rings is 1. The van der Waals surface area contributed by atoms with Crippen LogP contribution >= 0.6 is 11.6 Å². The first-order chi connectivity index (χ1) is 16.6. The van der Waals surface area contributed by atoms with E-state index >= 15 is 4.39 Å². The molecule has 1 aliphatic carbocycles. The number of carbonyl (C=O) groups is 3. The second kappa shape index (κ2) is 10.6. The summed E-state index contributed by atoms with van der Waals surface area (Å²) in [6.45, 7) is 11.2. The fourth-order valence-corrected chi connectivity index (χ4v) is 4.00. The Labute approximate surface area is 215 Å². The number of alkyl carbamates (subject to hydrolysis) is 1. The van der Waals surface area contributed by atoms with Gasteiger partial charge < -0.3 is 25.0 Å². The number of nitrogens with zero attached hydrogens (tertiary/aromatic N) is 1. The lowest BCUT2D eigenvalue weighted by atomic mass is 10.1. The third-order valence-electron chi connectivity index (χ3n) is 5.27. The quantitative estimate of drug-likeness (QED) is 0.421. The van der Waals surface area contributed by atoms with Crippen molar-refractivity contribution in [2.24, 2.45) is 0 Å². The molecular formula is C24H35ClFN5O5. The average Bonchev–Trinajstić information content (AvgIpc) is 3.43. The van der Waals surface area contributed by atoms with Crippen molar-refractivity contribution >= 4 is 41.1 Å². The van der Waals surface area contributed by atoms with Crippen molar-refractivity contribution in [3.63, 3.8) is 0 Å². The molecule has 200 valence electrons. The molecule has 1 aromatic rings.